The van der Waals surface area contributed by atoms with E-state index in [1.807, 2.05) is 12.1 Å². The average Bonchev–Trinajstić information content (AvgIpc) is 2.68. The number of methoxy groups -OCH3 is 1. The summed E-state index contributed by atoms with van der Waals surface area (Å²) in [5, 5.41) is 9.98. The molecule has 0 saturated carbocycles. The fourth-order valence-electron chi connectivity index (χ4n) is 2.28. The topological polar surface area (TPSA) is 82.1 Å². The van der Waals surface area contributed by atoms with E-state index in [4.69, 9.17) is 9.47 Å². The molecule has 0 amide bonds. The highest BCUT2D eigenvalue weighted by Crippen LogP contribution is 2.32. The van der Waals surface area contributed by atoms with Gasteiger partial charge < -0.3 is 19.3 Å². The zero-order valence-electron chi connectivity index (χ0n) is 15.3. The number of esters is 2. The van der Waals surface area contributed by atoms with Gasteiger partial charge in [-0.25, -0.2) is 4.79 Å². The minimum absolute atomic E-state index is 0.0170. The number of phenolic OH excluding ortho intramolecular Hbond substituents is 1. The van der Waals surface area contributed by atoms with Crippen LogP contribution < -0.4 is 4.74 Å². The quantitative estimate of drug-likeness (QED) is 0.561. The van der Waals surface area contributed by atoms with E-state index in [1.165, 1.54) is 19.3 Å². The maximum Gasteiger partial charge on any atom is 0.330 e. The first-order valence-electron chi connectivity index (χ1n) is 8.53. The van der Waals surface area contributed by atoms with Crippen LogP contribution in [0.15, 0.2) is 48.5 Å². The van der Waals surface area contributed by atoms with Gasteiger partial charge in [0, 0.05) is 12.5 Å². The number of carbonyl (C=O) groups excluding carboxylic acids is 2. The van der Waals surface area contributed by atoms with Crippen LogP contribution in [0.1, 0.15) is 24.5 Å². The number of phenols is 1. The Labute approximate surface area is 158 Å². The second kappa shape index (κ2) is 10.0. The van der Waals surface area contributed by atoms with Crippen molar-refractivity contribution < 1.29 is 28.9 Å². The molecule has 0 aromatic heterocycles. The van der Waals surface area contributed by atoms with Gasteiger partial charge in [-0.3, -0.25) is 4.79 Å². The van der Waals surface area contributed by atoms with Crippen LogP contribution in [0.2, 0.25) is 0 Å². The molecule has 6 heteroatoms. The van der Waals surface area contributed by atoms with Crippen LogP contribution in [-0.4, -0.2) is 30.8 Å². The third-order valence-corrected chi connectivity index (χ3v) is 3.67. The fraction of sp³-hybridized carbons (Fsp3) is 0.238. The van der Waals surface area contributed by atoms with E-state index in [0.29, 0.717) is 30.8 Å². The normalized spacial score (nSPS) is 10.6. The highest BCUT2D eigenvalue weighted by molar-refractivity contribution is 5.87. The molecule has 0 bridgehead atoms. The lowest BCUT2D eigenvalue weighted by molar-refractivity contribution is -0.143. The molecule has 2 rings (SSSR count). The molecule has 2 aromatic carbocycles. The summed E-state index contributed by atoms with van der Waals surface area (Å²) < 4.78 is 15.2. The van der Waals surface area contributed by atoms with Crippen molar-refractivity contribution >= 4 is 18.0 Å². The molecular weight excluding hydrogens is 348 g/mol. The number of rotatable bonds is 8. The van der Waals surface area contributed by atoms with Crippen LogP contribution in [-0.2, 0) is 25.5 Å². The van der Waals surface area contributed by atoms with Crippen molar-refractivity contribution in [2.75, 3.05) is 13.7 Å². The van der Waals surface area contributed by atoms with Gasteiger partial charge in [0.1, 0.15) is 5.75 Å². The van der Waals surface area contributed by atoms with Gasteiger partial charge in [-0.05, 0) is 54.8 Å². The molecule has 1 N–H and O–H groups in total. The monoisotopic (exact) mass is 370 g/mol. The van der Waals surface area contributed by atoms with E-state index in [2.05, 4.69) is 4.74 Å². The Morgan fingerprint density at radius 1 is 1.11 bits per heavy atom. The summed E-state index contributed by atoms with van der Waals surface area (Å²) in [5.41, 5.74) is 1.66. The van der Waals surface area contributed by atoms with Gasteiger partial charge in [-0.2, -0.15) is 0 Å². The minimum Gasteiger partial charge on any atom is -0.504 e. The maximum absolute atomic E-state index is 11.4. The summed E-state index contributed by atoms with van der Waals surface area (Å²) in [7, 11) is 1.30. The molecule has 0 saturated heterocycles. The Hall–Kier alpha value is -3.28. The van der Waals surface area contributed by atoms with Crippen molar-refractivity contribution in [3.63, 3.8) is 0 Å². The van der Waals surface area contributed by atoms with Gasteiger partial charge in [0.2, 0.25) is 0 Å². The molecule has 0 unspecified atom stereocenters. The first-order valence-corrected chi connectivity index (χ1v) is 8.53. The summed E-state index contributed by atoms with van der Waals surface area (Å²) in [4.78, 5) is 22.6. The summed E-state index contributed by atoms with van der Waals surface area (Å²) >= 11 is 0. The van der Waals surface area contributed by atoms with E-state index in [1.54, 1.807) is 37.3 Å². The lowest BCUT2D eigenvalue weighted by atomic mass is 10.1. The zero-order chi connectivity index (χ0) is 19.6. The molecule has 27 heavy (non-hydrogen) atoms. The molecule has 0 fully saturated rings. The predicted molar refractivity (Wildman–Crippen MR) is 101 cm³/mol. The summed E-state index contributed by atoms with van der Waals surface area (Å²) in [6.45, 7) is 2.16. The molecule has 0 aliphatic heterocycles. The summed E-state index contributed by atoms with van der Waals surface area (Å²) in [6, 6.07) is 12.0. The summed E-state index contributed by atoms with van der Waals surface area (Å²) in [6.07, 6.45) is 3.76. The molecule has 0 heterocycles. The minimum atomic E-state index is -0.469. The van der Waals surface area contributed by atoms with Crippen molar-refractivity contribution in [1.82, 2.24) is 0 Å². The van der Waals surface area contributed by atoms with Gasteiger partial charge in [0.05, 0.1) is 13.7 Å². The maximum atomic E-state index is 11.4. The van der Waals surface area contributed by atoms with Crippen molar-refractivity contribution in [1.29, 1.82) is 0 Å². The molecule has 142 valence electrons. The van der Waals surface area contributed by atoms with Crippen LogP contribution in [0.3, 0.4) is 0 Å². The van der Waals surface area contributed by atoms with Crippen LogP contribution in [0.25, 0.3) is 6.08 Å². The van der Waals surface area contributed by atoms with E-state index < -0.39 is 5.97 Å². The largest absolute Gasteiger partial charge is 0.504 e. The predicted octanol–water partition coefficient (Wildman–Crippen LogP) is 3.87. The van der Waals surface area contributed by atoms with Gasteiger partial charge in [-0.1, -0.05) is 18.2 Å². The Balaban J connectivity index is 2.03. The number of aromatic hydroxyl groups is 1. The van der Waals surface area contributed by atoms with Crippen LogP contribution in [0.4, 0.5) is 0 Å². The SMILES string of the molecule is CCOC(=O)CCc1ccc(Oc2cc(C=CC(=O)OC)ccc2O)cc1. The molecule has 0 spiro atoms. The number of hydrogen-bond donors (Lipinski definition) is 1. The van der Waals surface area contributed by atoms with Crippen LogP contribution in [0.5, 0.6) is 17.2 Å². The molecule has 0 aliphatic rings. The highest BCUT2D eigenvalue weighted by atomic mass is 16.5. The van der Waals surface area contributed by atoms with Gasteiger partial charge >= 0.3 is 11.9 Å². The van der Waals surface area contributed by atoms with Crippen molar-refractivity contribution in [2.45, 2.75) is 19.8 Å². The first kappa shape index (κ1) is 20.0. The molecule has 2 aromatic rings. The smallest absolute Gasteiger partial charge is 0.330 e. The Morgan fingerprint density at radius 2 is 1.85 bits per heavy atom. The van der Waals surface area contributed by atoms with Gasteiger partial charge in [0.25, 0.3) is 0 Å². The Kier molecular flexibility index (Phi) is 7.43. The third-order valence-electron chi connectivity index (χ3n) is 3.67. The lowest BCUT2D eigenvalue weighted by Crippen LogP contribution is -2.05. The Morgan fingerprint density at radius 3 is 2.52 bits per heavy atom. The number of ether oxygens (including phenoxy) is 3. The van der Waals surface area contributed by atoms with Crippen LogP contribution >= 0.6 is 0 Å². The van der Waals surface area contributed by atoms with E-state index in [0.717, 1.165) is 5.56 Å². The standard InChI is InChI=1S/C21H22O6/c1-3-26-21(24)13-7-15-4-9-17(10-5-15)27-19-14-16(6-11-18(19)22)8-12-20(23)25-2/h4-6,8-12,14,22H,3,7,13H2,1-2H3. The average molecular weight is 370 g/mol. The number of hydrogen-bond acceptors (Lipinski definition) is 6. The van der Waals surface area contributed by atoms with E-state index >= 15 is 0 Å². The van der Waals surface area contributed by atoms with Crippen LogP contribution in [0, 0.1) is 0 Å². The van der Waals surface area contributed by atoms with Crippen molar-refractivity contribution in [3.8, 4) is 17.2 Å². The molecule has 6 nitrogen and oxygen atoms in total. The number of benzene rings is 2. The van der Waals surface area contributed by atoms with Gasteiger partial charge in [-0.15, -0.1) is 0 Å². The number of carbonyl (C=O) groups is 2. The zero-order valence-corrected chi connectivity index (χ0v) is 15.3. The number of aryl methyl sites for hydroxylation is 1. The third kappa shape index (κ3) is 6.51. The molecule has 0 atom stereocenters. The van der Waals surface area contributed by atoms with Crippen molar-refractivity contribution in [3.05, 3.63) is 59.7 Å². The highest BCUT2D eigenvalue weighted by Gasteiger charge is 2.07. The Bertz CT molecular complexity index is 808. The van der Waals surface area contributed by atoms with E-state index in [-0.39, 0.29) is 17.5 Å². The second-order valence-electron chi connectivity index (χ2n) is 5.63. The lowest BCUT2D eigenvalue weighted by Gasteiger charge is -2.09. The van der Waals surface area contributed by atoms with Crippen molar-refractivity contribution in [2.24, 2.45) is 0 Å². The molecule has 0 radical (unpaired) electrons. The summed E-state index contributed by atoms with van der Waals surface area (Å²) in [5.74, 6) is 0.0979. The van der Waals surface area contributed by atoms with Gasteiger partial charge in [0.15, 0.2) is 11.5 Å². The second-order valence-corrected chi connectivity index (χ2v) is 5.63. The molecule has 0 aliphatic carbocycles. The fourth-order valence-corrected chi connectivity index (χ4v) is 2.28. The first-order chi connectivity index (χ1) is 13.0. The molecular formula is C21H22O6. The van der Waals surface area contributed by atoms with E-state index in [9.17, 15) is 14.7 Å².